The molecule has 1 aliphatic rings. The summed E-state index contributed by atoms with van der Waals surface area (Å²) in [7, 11) is 0. The molecule has 1 aliphatic carbocycles. The lowest BCUT2D eigenvalue weighted by atomic mass is 9.95. The summed E-state index contributed by atoms with van der Waals surface area (Å²) in [5, 5.41) is 9.99. The number of nitrogens with one attached hydrogen (secondary N) is 3. The normalized spacial score (nSPS) is 15.5. The Hall–Kier alpha value is -1.46. The zero-order valence-corrected chi connectivity index (χ0v) is 14.0. The van der Waals surface area contributed by atoms with E-state index in [1.807, 2.05) is 12.1 Å². The lowest BCUT2D eigenvalue weighted by molar-refractivity contribution is 0.0948. The first-order valence-electron chi connectivity index (χ1n) is 8.99. The highest BCUT2D eigenvalue weighted by Gasteiger charge is 2.11. The van der Waals surface area contributed by atoms with Gasteiger partial charge >= 0.3 is 0 Å². The van der Waals surface area contributed by atoms with E-state index in [4.69, 9.17) is 0 Å². The first-order chi connectivity index (χ1) is 11.4. The van der Waals surface area contributed by atoms with Crippen LogP contribution in [0, 0.1) is 0 Å². The van der Waals surface area contributed by atoms with Crippen LogP contribution in [0.4, 0.5) is 0 Å². The summed E-state index contributed by atoms with van der Waals surface area (Å²) in [6.45, 7) is 3.79. The maximum absolute atomic E-state index is 11.8. The van der Waals surface area contributed by atoms with Crippen LogP contribution in [0.3, 0.4) is 0 Å². The molecule has 2 rings (SSSR count). The van der Waals surface area contributed by atoms with Gasteiger partial charge in [0.1, 0.15) is 5.69 Å². The molecule has 0 bridgehead atoms. The summed E-state index contributed by atoms with van der Waals surface area (Å²) >= 11 is 0. The second-order valence-corrected chi connectivity index (χ2v) is 6.22. The van der Waals surface area contributed by atoms with Gasteiger partial charge < -0.3 is 16.0 Å². The number of hydrogen-bond donors (Lipinski definition) is 3. The number of unbranched alkanes of at least 4 members (excludes halogenated alkanes) is 1. The fourth-order valence-corrected chi connectivity index (χ4v) is 2.96. The average molecular weight is 318 g/mol. The Morgan fingerprint density at radius 1 is 1.04 bits per heavy atom. The van der Waals surface area contributed by atoms with Crippen molar-refractivity contribution < 1.29 is 4.79 Å². The van der Waals surface area contributed by atoms with E-state index >= 15 is 0 Å². The Bertz CT molecular complexity index is 432. The van der Waals surface area contributed by atoms with Gasteiger partial charge in [-0.1, -0.05) is 25.3 Å². The Morgan fingerprint density at radius 3 is 2.65 bits per heavy atom. The summed E-state index contributed by atoms with van der Waals surface area (Å²) in [5.41, 5.74) is 0.486. The minimum Gasteiger partial charge on any atom is -0.351 e. The van der Waals surface area contributed by atoms with Crippen molar-refractivity contribution in [1.82, 2.24) is 20.9 Å². The zero-order chi connectivity index (χ0) is 16.2. The van der Waals surface area contributed by atoms with Gasteiger partial charge in [0.15, 0.2) is 0 Å². The second kappa shape index (κ2) is 11.1. The van der Waals surface area contributed by atoms with Gasteiger partial charge in [-0.15, -0.1) is 0 Å². The van der Waals surface area contributed by atoms with E-state index in [2.05, 4.69) is 20.9 Å². The summed E-state index contributed by atoms with van der Waals surface area (Å²) in [6.07, 6.45) is 10.6. The van der Waals surface area contributed by atoms with Crippen LogP contribution in [0.15, 0.2) is 24.4 Å². The Balaban J connectivity index is 1.39. The molecule has 0 radical (unpaired) electrons. The van der Waals surface area contributed by atoms with E-state index in [0.717, 1.165) is 38.5 Å². The van der Waals surface area contributed by atoms with Crippen LogP contribution in [0.2, 0.25) is 0 Å². The smallest absolute Gasteiger partial charge is 0.269 e. The first kappa shape index (κ1) is 17.9. The molecule has 0 aromatic carbocycles. The maximum Gasteiger partial charge on any atom is 0.269 e. The van der Waals surface area contributed by atoms with Crippen molar-refractivity contribution in [2.75, 3.05) is 26.2 Å². The van der Waals surface area contributed by atoms with Crippen LogP contribution in [-0.2, 0) is 0 Å². The molecule has 5 heteroatoms. The van der Waals surface area contributed by atoms with Crippen molar-refractivity contribution >= 4 is 5.91 Å². The quantitative estimate of drug-likeness (QED) is 0.578. The van der Waals surface area contributed by atoms with Gasteiger partial charge in [0, 0.05) is 31.9 Å². The minimum atomic E-state index is -0.0877. The van der Waals surface area contributed by atoms with E-state index in [9.17, 15) is 4.79 Å². The molecule has 1 aromatic heterocycles. The van der Waals surface area contributed by atoms with Crippen LogP contribution >= 0.6 is 0 Å². The van der Waals surface area contributed by atoms with Crippen molar-refractivity contribution in [1.29, 1.82) is 0 Å². The predicted octanol–water partition coefficient (Wildman–Crippen LogP) is 2.10. The Morgan fingerprint density at radius 2 is 1.87 bits per heavy atom. The molecule has 0 saturated heterocycles. The molecule has 5 nitrogen and oxygen atoms in total. The molecule has 1 saturated carbocycles. The Kier molecular flexibility index (Phi) is 8.66. The summed E-state index contributed by atoms with van der Waals surface area (Å²) in [5.74, 6) is -0.0877. The molecule has 128 valence electrons. The Labute approximate surface area is 139 Å². The highest BCUT2D eigenvalue weighted by molar-refractivity contribution is 5.92. The third-order valence-electron chi connectivity index (χ3n) is 4.30. The lowest BCUT2D eigenvalue weighted by Crippen LogP contribution is -2.36. The molecule has 0 unspecified atom stereocenters. The number of hydrogen-bond acceptors (Lipinski definition) is 4. The second-order valence-electron chi connectivity index (χ2n) is 6.22. The van der Waals surface area contributed by atoms with Crippen LogP contribution in [0.25, 0.3) is 0 Å². The standard InChI is InChI=1S/C18H30N4O/c23-18(17-10-4-5-12-21-17)22-13-7-6-11-19-14-15-20-16-8-2-1-3-9-16/h4-5,10,12,16,19-20H,1-3,6-9,11,13-15H2,(H,22,23). The summed E-state index contributed by atoms with van der Waals surface area (Å²) < 4.78 is 0. The molecule has 3 N–H and O–H groups in total. The molecular formula is C18H30N4O. The van der Waals surface area contributed by atoms with Crippen molar-refractivity contribution in [3.63, 3.8) is 0 Å². The number of amides is 1. The van der Waals surface area contributed by atoms with Crippen molar-refractivity contribution in [2.24, 2.45) is 0 Å². The number of rotatable bonds is 10. The molecule has 1 fully saturated rings. The van der Waals surface area contributed by atoms with Crippen LogP contribution in [-0.4, -0.2) is 43.1 Å². The molecule has 1 heterocycles. The number of nitrogens with zero attached hydrogens (tertiary/aromatic N) is 1. The van der Waals surface area contributed by atoms with E-state index in [0.29, 0.717) is 12.2 Å². The average Bonchev–Trinajstić information content (AvgIpc) is 2.61. The summed E-state index contributed by atoms with van der Waals surface area (Å²) in [4.78, 5) is 15.8. The molecule has 1 amide bonds. The molecular weight excluding hydrogens is 288 g/mol. The number of aromatic nitrogens is 1. The molecule has 0 aliphatic heterocycles. The van der Waals surface area contributed by atoms with E-state index < -0.39 is 0 Å². The predicted molar refractivity (Wildman–Crippen MR) is 93.5 cm³/mol. The maximum atomic E-state index is 11.8. The largest absolute Gasteiger partial charge is 0.351 e. The highest BCUT2D eigenvalue weighted by Crippen LogP contribution is 2.16. The first-order valence-corrected chi connectivity index (χ1v) is 8.99. The molecule has 1 aromatic rings. The van der Waals surface area contributed by atoms with Crippen LogP contribution in [0.1, 0.15) is 55.4 Å². The lowest BCUT2D eigenvalue weighted by Gasteiger charge is -2.22. The minimum absolute atomic E-state index is 0.0877. The van der Waals surface area contributed by atoms with Crippen molar-refractivity contribution in [3.05, 3.63) is 30.1 Å². The van der Waals surface area contributed by atoms with Crippen molar-refractivity contribution in [2.45, 2.75) is 51.0 Å². The van der Waals surface area contributed by atoms with E-state index in [1.54, 1.807) is 12.3 Å². The SMILES string of the molecule is O=C(NCCCCNCCNC1CCCCC1)c1ccccn1. The molecule has 23 heavy (non-hydrogen) atoms. The van der Waals surface area contributed by atoms with E-state index in [1.165, 1.54) is 32.1 Å². The number of pyridine rings is 1. The van der Waals surface area contributed by atoms with Gasteiger partial charge in [0.2, 0.25) is 0 Å². The topological polar surface area (TPSA) is 66.1 Å². The zero-order valence-electron chi connectivity index (χ0n) is 14.0. The van der Waals surface area contributed by atoms with Gasteiger partial charge in [-0.2, -0.15) is 0 Å². The highest BCUT2D eigenvalue weighted by atomic mass is 16.1. The number of carbonyl (C=O) groups is 1. The van der Waals surface area contributed by atoms with Crippen molar-refractivity contribution in [3.8, 4) is 0 Å². The molecule has 0 atom stereocenters. The third kappa shape index (κ3) is 7.57. The fraction of sp³-hybridized carbons (Fsp3) is 0.667. The van der Waals surface area contributed by atoms with Crippen LogP contribution in [0.5, 0.6) is 0 Å². The van der Waals surface area contributed by atoms with Gasteiger partial charge in [-0.25, -0.2) is 0 Å². The fourth-order valence-electron chi connectivity index (χ4n) is 2.96. The summed E-state index contributed by atoms with van der Waals surface area (Å²) in [6, 6.07) is 6.11. The number of carbonyl (C=O) groups excluding carboxylic acids is 1. The third-order valence-corrected chi connectivity index (χ3v) is 4.30. The van der Waals surface area contributed by atoms with Gasteiger partial charge in [-0.05, 0) is 44.4 Å². The van der Waals surface area contributed by atoms with Gasteiger partial charge in [0.05, 0.1) is 0 Å². The van der Waals surface area contributed by atoms with Gasteiger partial charge in [-0.3, -0.25) is 9.78 Å². The molecule has 0 spiro atoms. The van der Waals surface area contributed by atoms with Crippen LogP contribution < -0.4 is 16.0 Å². The van der Waals surface area contributed by atoms with Gasteiger partial charge in [0.25, 0.3) is 5.91 Å². The van der Waals surface area contributed by atoms with E-state index in [-0.39, 0.29) is 5.91 Å². The monoisotopic (exact) mass is 318 g/mol.